The molecule has 0 aliphatic heterocycles. The monoisotopic (exact) mass is 272 g/mol. The zero-order valence-corrected chi connectivity index (χ0v) is 12.2. The third-order valence-electron chi connectivity index (χ3n) is 3.78. The van der Waals surface area contributed by atoms with E-state index in [1.165, 1.54) is 0 Å². The minimum atomic E-state index is 0.616. The van der Waals surface area contributed by atoms with Crippen LogP contribution in [0.1, 0.15) is 58.4 Å². The van der Waals surface area contributed by atoms with E-state index in [9.17, 15) is 9.59 Å². The number of hydrogen-bond donors (Lipinski definition) is 2. The second kappa shape index (κ2) is 5.90. The van der Waals surface area contributed by atoms with E-state index in [1.807, 2.05) is 19.9 Å². The molecule has 2 aromatic heterocycles. The topological polar surface area (TPSA) is 65.7 Å². The van der Waals surface area contributed by atoms with Crippen molar-refractivity contribution in [3.63, 3.8) is 0 Å². The van der Waals surface area contributed by atoms with Crippen molar-refractivity contribution in [2.45, 2.75) is 40.0 Å². The highest BCUT2D eigenvalue weighted by atomic mass is 16.1. The number of carbonyl (C=O) groups is 2. The Morgan fingerprint density at radius 3 is 2.00 bits per heavy atom. The molecule has 106 valence electrons. The summed E-state index contributed by atoms with van der Waals surface area (Å²) in [6.45, 7) is 6.14. The van der Waals surface area contributed by atoms with E-state index in [0.29, 0.717) is 11.4 Å². The minimum absolute atomic E-state index is 0.616. The van der Waals surface area contributed by atoms with Gasteiger partial charge in [-0.05, 0) is 42.0 Å². The van der Waals surface area contributed by atoms with Crippen molar-refractivity contribution >= 4 is 12.6 Å². The first-order valence-corrected chi connectivity index (χ1v) is 7.06. The Bertz CT molecular complexity index is 635. The van der Waals surface area contributed by atoms with Crippen LogP contribution in [0, 0.1) is 0 Å². The molecule has 20 heavy (non-hydrogen) atoms. The molecule has 0 bridgehead atoms. The zero-order chi connectivity index (χ0) is 14.7. The van der Waals surface area contributed by atoms with E-state index in [4.69, 9.17) is 0 Å². The van der Waals surface area contributed by atoms with Crippen molar-refractivity contribution in [1.82, 2.24) is 9.97 Å². The van der Waals surface area contributed by atoms with Crippen LogP contribution in [0.4, 0.5) is 0 Å². The average molecular weight is 272 g/mol. The molecule has 2 N–H and O–H groups in total. The van der Waals surface area contributed by atoms with Gasteiger partial charge >= 0.3 is 0 Å². The van der Waals surface area contributed by atoms with Gasteiger partial charge in [-0.3, -0.25) is 9.59 Å². The van der Waals surface area contributed by atoms with Gasteiger partial charge in [0.2, 0.25) is 0 Å². The van der Waals surface area contributed by atoms with Gasteiger partial charge in [0.15, 0.2) is 12.6 Å². The lowest BCUT2D eigenvalue weighted by atomic mass is 10.0. The van der Waals surface area contributed by atoms with E-state index < -0.39 is 0 Å². The first-order chi connectivity index (χ1) is 9.69. The molecule has 0 radical (unpaired) electrons. The fraction of sp³-hybridized carbons (Fsp3) is 0.375. The molecule has 0 fully saturated rings. The van der Waals surface area contributed by atoms with Crippen LogP contribution in [-0.2, 0) is 19.3 Å². The summed E-state index contributed by atoms with van der Waals surface area (Å²) >= 11 is 0. The summed E-state index contributed by atoms with van der Waals surface area (Å²) in [5.41, 5.74) is 6.27. The normalized spacial score (nSPS) is 10.8. The highest BCUT2D eigenvalue weighted by molar-refractivity contribution is 5.82. The predicted molar refractivity (Wildman–Crippen MR) is 79.5 cm³/mol. The number of rotatable bonds is 6. The molecule has 0 saturated heterocycles. The maximum Gasteiger partial charge on any atom is 0.166 e. The lowest BCUT2D eigenvalue weighted by molar-refractivity contribution is 0.111. The molecule has 0 unspecified atom stereocenters. The maximum atomic E-state index is 11.2. The summed E-state index contributed by atoms with van der Waals surface area (Å²) < 4.78 is 0. The van der Waals surface area contributed by atoms with Crippen LogP contribution < -0.4 is 0 Å². The molecule has 0 spiro atoms. The third-order valence-corrected chi connectivity index (χ3v) is 3.78. The molecule has 0 aromatic carbocycles. The summed E-state index contributed by atoms with van der Waals surface area (Å²) in [7, 11) is 0. The number of aryl methyl sites for hydroxylation is 1. The van der Waals surface area contributed by atoms with Gasteiger partial charge in [0, 0.05) is 0 Å². The first kappa shape index (κ1) is 14.3. The summed E-state index contributed by atoms with van der Waals surface area (Å²) in [4.78, 5) is 28.6. The molecule has 2 heterocycles. The fourth-order valence-corrected chi connectivity index (χ4v) is 2.77. The van der Waals surface area contributed by atoms with Crippen LogP contribution in [0.15, 0.2) is 6.07 Å². The smallest absolute Gasteiger partial charge is 0.166 e. The van der Waals surface area contributed by atoms with Gasteiger partial charge in [0.1, 0.15) is 0 Å². The molecule has 4 nitrogen and oxygen atoms in total. The van der Waals surface area contributed by atoms with Crippen LogP contribution in [0.5, 0.6) is 0 Å². The molecular formula is C16H20N2O2. The van der Waals surface area contributed by atoms with Crippen LogP contribution in [0.25, 0.3) is 11.4 Å². The largest absolute Gasteiger partial charge is 0.351 e. The molecule has 0 aliphatic rings. The zero-order valence-electron chi connectivity index (χ0n) is 12.2. The Balaban J connectivity index is 2.62. The van der Waals surface area contributed by atoms with Crippen molar-refractivity contribution in [3.05, 3.63) is 34.1 Å². The lowest BCUT2D eigenvalue weighted by Crippen LogP contribution is -1.91. The Morgan fingerprint density at radius 1 is 0.900 bits per heavy atom. The quantitative estimate of drug-likeness (QED) is 0.792. The number of aldehydes is 2. The Kier molecular flexibility index (Phi) is 4.23. The van der Waals surface area contributed by atoms with Crippen LogP contribution in [0.2, 0.25) is 0 Å². The summed E-state index contributed by atoms with van der Waals surface area (Å²) in [6, 6.07) is 1.99. The van der Waals surface area contributed by atoms with Crippen molar-refractivity contribution < 1.29 is 9.59 Å². The van der Waals surface area contributed by atoms with Crippen molar-refractivity contribution in [2.75, 3.05) is 0 Å². The fourth-order valence-electron chi connectivity index (χ4n) is 2.77. The Hall–Kier alpha value is -2.10. The molecule has 2 rings (SSSR count). The third kappa shape index (κ3) is 2.22. The van der Waals surface area contributed by atoms with Gasteiger partial charge in [-0.25, -0.2) is 0 Å². The molecule has 4 heteroatoms. The molecule has 0 amide bonds. The van der Waals surface area contributed by atoms with E-state index in [-0.39, 0.29) is 0 Å². The van der Waals surface area contributed by atoms with E-state index in [1.54, 1.807) is 0 Å². The number of H-pyrrole nitrogens is 2. The summed E-state index contributed by atoms with van der Waals surface area (Å²) in [6.07, 6.45) is 4.17. The van der Waals surface area contributed by atoms with Gasteiger partial charge in [-0.1, -0.05) is 20.8 Å². The van der Waals surface area contributed by atoms with Crippen LogP contribution in [0.3, 0.4) is 0 Å². The standard InChI is InChI=1S/C16H20N2O2/c1-4-10-7-13(17-14(10)8-19)16-12(6-3)11(5-2)15(9-20)18-16/h7-9,17-18H,4-6H2,1-3H3. The van der Waals surface area contributed by atoms with Crippen molar-refractivity contribution in [2.24, 2.45) is 0 Å². The van der Waals surface area contributed by atoms with E-state index >= 15 is 0 Å². The summed E-state index contributed by atoms with van der Waals surface area (Å²) in [5, 5.41) is 0. The number of aromatic nitrogens is 2. The molecule has 0 atom stereocenters. The number of aromatic amines is 2. The highest BCUT2D eigenvalue weighted by Gasteiger charge is 2.18. The average Bonchev–Trinajstić information content (AvgIpc) is 3.06. The Morgan fingerprint density at radius 2 is 1.55 bits per heavy atom. The van der Waals surface area contributed by atoms with Gasteiger partial charge in [0.05, 0.1) is 22.8 Å². The van der Waals surface area contributed by atoms with Crippen LogP contribution in [-0.4, -0.2) is 22.5 Å². The SMILES string of the molecule is CCc1cc(-c2[nH]c(C=O)c(CC)c2CC)[nH]c1C=O. The lowest BCUT2D eigenvalue weighted by Gasteiger charge is -2.01. The first-order valence-electron chi connectivity index (χ1n) is 7.06. The minimum Gasteiger partial charge on any atom is -0.351 e. The molecular weight excluding hydrogens is 252 g/mol. The number of hydrogen-bond acceptors (Lipinski definition) is 2. The molecule has 2 aromatic rings. The van der Waals surface area contributed by atoms with E-state index in [2.05, 4.69) is 16.9 Å². The van der Waals surface area contributed by atoms with Gasteiger partial charge in [-0.2, -0.15) is 0 Å². The van der Waals surface area contributed by atoms with Crippen molar-refractivity contribution in [3.8, 4) is 11.4 Å². The highest BCUT2D eigenvalue weighted by Crippen LogP contribution is 2.29. The number of nitrogens with one attached hydrogen (secondary N) is 2. The van der Waals surface area contributed by atoms with Crippen LogP contribution >= 0.6 is 0 Å². The molecule has 0 saturated carbocycles. The molecule has 0 aliphatic carbocycles. The van der Waals surface area contributed by atoms with Gasteiger partial charge in [-0.15, -0.1) is 0 Å². The van der Waals surface area contributed by atoms with Gasteiger partial charge < -0.3 is 9.97 Å². The Labute approximate surface area is 118 Å². The summed E-state index contributed by atoms with van der Waals surface area (Å²) in [5.74, 6) is 0. The second-order valence-electron chi connectivity index (χ2n) is 4.79. The number of carbonyl (C=O) groups excluding carboxylic acids is 2. The van der Waals surface area contributed by atoms with Crippen molar-refractivity contribution in [1.29, 1.82) is 0 Å². The van der Waals surface area contributed by atoms with E-state index in [0.717, 1.165) is 59.9 Å². The maximum absolute atomic E-state index is 11.2. The van der Waals surface area contributed by atoms with Gasteiger partial charge in [0.25, 0.3) is 0 Å². The predicted octanol–water partition coefficient (Wildman–Crippen LogP) is 3.32. The second-order valence-corrected chi connectivity index (χ2v) is 4.79.